The van der Waals surface area contributed by atoms with Crippen LogP contribution in [0.3, 0.4) is 0 Å². The highest BCUT2D eigenvalue weighted by molar-refractivity contribution is 6.31. The van der Waals surface area contributed by atoms with Crippen LogP contribution in [0.25, 0.3) is 11.4 Å². The summed E-state index contributed by atoms with van der Waals surface area (Å²) in [5.74, 6) is -1.45. The zero-order chi connectivity index (χ0) is 17.3. The predicted molar refractivity (Wildman–Crippen MR) is 88.1 cm³/mol. The van der Waals surface area contributed by atoms with E-state index in [0.29, 0.717) is 17.3 Å². The maximum Gasteiger partial charge on any atom is 0.155 e. The van der Waals surface area contributed by atoms with E-state index in [1.165, 1.54) is 12.3 Å². The molecule has 0 saturated carbocycles. The van der Waals surface area contributed by atoms with Gasteiger partial charge in [0.25, 0.3) is 0 Å². The van der Waals surface area contributed by atoms with E-state index in [1.54, 1.807) is 16.8 Å². The van der Waals surface area contributed by atoms with Crippen molar-refractivity contribution in [2.75, 3.05) is 0 Å². The number of hydrogen-bond acceptors (Lipinski definition) is 3. The predicted octanol–water partition coefficient (Wildman–Crippen LogP) is 4.54. The molecule has 1 aromatic carbocycles. The van der Waals surface area contributed by atoms with Crippen molar-refractivity contribution in [3.8, 4) is 11.4 Å². The lowest BCUT2D eigenvalue weighted by Gasteiger charge is -2.11. The normalized spacial score (nSPS) is 11.0. The van der Waals surface area contributed by atoms with Gasteiger partial charge >= 0.3 is 0 Å². The lowest BCUT2D eigenvalue weighted by molar-refractivity contribution is 0.584. The van der Waals surface area contributed by atoms with Crippen LogP contribution in [0.1, 0.15) is 18.2 Å². The van der Waals surface area contributed by atoms with Crippen LogP contribution < -0.4 is 0 Å². The van der Waals surface area contributed by atoms with Crippen molar-refractivity contribution in [2.24, 2.45) is 0 Å². The molecule has 124 valence electrons. The van der Waals surface area contributed by atoms with E-state index in [-0.39, 0.29) is 23.0 Å². The quantitative estimate of drug-likeness (QED) is 0.635. The van der Waals surface area contributed by atoms with Crippen molar-refractivity contribution in [1.29, 1.82) is 0 Å². The van der Waals surface area contributed by atoms with E-state index >= 15 is 0 Å². The summed E-state index contributed by atoms with van der Waals surface area (Å²) in [4.78, 5) is 4.07. The first kappa shape index (κ1) is 16.8. The van der Waals surface area contributed by atoms with E-state index in [4.69, 9.17) is 23.2 Å². The second kappa shape index (κ2) is 6.83. The van der Waals surface area contributed by atoms with Crippen molar-refractivity contribution in [1.82, 2.24) is 19.7 Å². The van der Waals surface area contributed by atoms with E-state index in [1.807, 2.05) is 6.92 Å². The summed E-state index contributed by atoms with van der Waals surface area (Å²) in [7, 11) is 0. The minimum absolute atomic E-state index is 0.131. The second-order valence-electron chi connectivity index (χ2n) is 5.09. The molecule has 24 heavy (non-hydrogen) atoms. The van der Waals surface area contributed by atoms with E-state index in [2.05, 4.69) is 15.2 Å². The van der Waals surface area contributed by atoms with Gasteiger partial charge in [-0.1, -0.05) is 30.1 Å². The maximum atomic E-state index is 14.3. The summed E-state index contributed by atoms with van der Waals surface area (Å²) in [5.41, 5.74) is 1.29. The van der Waals surface area contributed by atoms with Gasteiger partial charge in [0.15, 0.2) is 11.0 Å². The smallest absolute Gasteiger partial charge is 0.155 e. The fourth-order valence-corrected chi connectivity index (χ4v) is 2.75. The Hall–Kier alpha value is -2.05. The third-order valence-electron chi connectivity index (χ3n) is 3.61. The van der Waals surface area contributed by atoms with Crippen LogP contribution in [-0.4, -0.2) is 19.7 Å². The Bertz CT molecular complexity index is 896. The number of aromatic nitrogens is 4. The number of halogens is 4. The lowest BCUT2D eigenvalue weighted by atomic mass is 10.1. The topological polar surface area (TPSA) is 43.6 Å². The molecule has 8 heteroatoms. The minimum atomic E-state index is -0.845. The molecule has 3 aromatic rings. The highest BCUT2D eigenvalue weighted by atomic mass is 35.5. The average molecular weight is 369 g/mol. The van der Waals surface area contributed by atoms with Crippen LogP contribution in [0.5, 0.6) is 0 Å². The number of hydrogen-bond donors (Lipinski definition) is 0. The van der Waals surface area contributed by atoms with Crippen molar-refractivity contribution in [3.63, 3.8) is 0 Å². The van der Waals surface area contributed by atoms with E-state index in [0.717, 1.165) is 11.6 Å². The monoisotopic (exact) mass is 368 g/mol. The molecule has 0 N–H and O–H groups in total. The molecule has 4 nitrogen and oxygen atoms in total. The summed E-state index contributed by atoms with van der Waals surface area (Å²) in [6.45, 7) is 2.22. The van der Waals surface area contributed by atoms with Crippen molar-refractivity contribution < 1.29 is 8.78 Å². The maximum absolute atomic E-state index is 14.3. The molecule has 0 fully saturated rings. The molecular weight excluding hydrogens is 357 g/mol. The molecule has 2 heterocycles. The van der Waals surface area contributed by atoms with Crippen molar-refractivity contribution >= 4 is 23.2 Å². The Morgan fingerprint density at radius 2 is 1.96 bits per heavy atom. The molecule has 0 atom stereocenters. The van der Waals surface area contributed by atoms with E-state index in [9.17, 15) is 8.78 Å². The minimum Gasteiger partial charge on any atom is -0.325 e. The highest BCUT2D eigenvalue weighted by Crippen LogP contribution is 2.30. The Labute approximate surface area is 147 Å². The van der Waals surface area contributed by atoms with Crippen molar-refractivity contribution in [3.05, 3.63) is 63.7 Å². The number of benzene rings is 1. The zero-order valence-corrected chi connectivity index (χ0v) is 14.1. The van der Waals surface area contributed by atoms with E-state index < -0.39 is 11.6 Å². The summed E-state index contributed by atoms with van der Waals surface area (Å²) >= 11 is 11.6. The number of imidazole rings is 1. The Balaban J connectivity index is 2.06. The third-order valence-corrected chi connectivity index (χ3v) is 4.09. The van der Waals surface area contributed by atoms with Gasteiger partial charge in [-0.25, -0.2) is 13.8 Å². The SMILES string of the molecule is CCc1cc(Cl)nnc1Cn1ccnc1-c1c(F)ccc(Cl)c1F. The first-order chi connectivity index (χ1) is 11.5. The van der Waals surface area contributed by atoms with Gasteiger partial charge in [-0.3, -0.25) is 0 Å². The molecule has 0 aliphatic rings. The second-order valence-corrected chi connectivity index (χ2v) is 5.88. The molecule has 0 saturated heterocycles. The van der Waals surface area contributed by atoms with Crippen LogP contribution in [0.4, 0.5) is 8.78 Å². The number of aryl methyl sites for hydroxylation is 1. The summed E-state index contributed by atoms with van der Waals surface area (Å²) in [6.07, 6.45) is 3.78. The fraction of sp³-hybridized carbons (Fsp3) is 0.188. The molecule has 0 radical (unpaired) electrons. The lowest BCUT2D eigenvalue weighted by Crippen LogP contribution is -2.08. The van der Waals surface area contributed by atoms with Crippen LogP contribution in [0.15, 0.2) is 30.6 Å². The van der Waals surface area contributed by atoms with Gasteiger partial charge in [0.1, 0.15) is 11.6 Å². The molecule has 0 bridgehead atoms. The Morgan fingerprint density at radius 1 is 1.17 bits per heavy atom. The number of rotatable bonds is 4. The molecule has 0 amide bonds. The summed E-state index contributed by atoms with van der Waals surface area (Å²) in [6, 6.07) is 4.00. The fourth-order valence-electron chi connectivity index (χ4n) is 2.43. The van der Waals surface area contributed by atoms with Gasteiger partial charge in [0.2, 0.25) is 0 Å². The van der Waals surface area contributed by atoms with Crippen molar-refractivity contribution in [2.45, 2.75) is 19.9 Å². The molecule has 0 aliphatic carbocycles. The van der Waals surface area contributed by atoms with Gasteiger partial charge in [0.05, 0.1) is 22.8 Å². The molecule has 2 aromatic heterocycles. The molecule has 0 aliphatic heterocycles. The average Bonchev–Trinajstić information content (AvgIpc) is 3.01. The zero-order valence-electron chi connectivity index (χ0n) is 12.6. The Kier molecular flexibility index (Phi) is 4.78. The van der Waals surface area contributed by atoms with Gasteiger partial charge in [-0.2, -0.15) is 5.10 Å². The van der Waals surface area contributed by atoms with Crippen LogP contribution in [-0.2, 0) is 13.0 Å². The van der Waals surface area contributed by atoms with Gasteiger partial charge in [-0.05, 0) is 30.2 Å². The summed E-state index contributed by atoms with van der Waals surface area (Å²) in [5, 5.41) is 8.04. The number of nitrogens with zero attached hydrogens (tertiary/aromatic N) is 4. The van der Waals surface area contributed by atoms with Gasteiger partial charge < -0.3 is 4.57 Å². The Morgan fingerprint density at radius 3 is 2.71 bits per heavy atom. The largest absolute Gasteiger partial charge is 0.325 e. The van der Waals surface area contributed by atoms with Crippen LogP contribution in [0, 0.1) is 11.6 Å². The van der Waals surface area contributed by atoms with Gasteiger partial charge in [0, 0.05) is 12.4 Å². The standard InChI is InChI=1S/C16H12Cl2F2N4/c1-2-9-7-13(18)23-22-12(9)8-24-6-5-21-16(24)14-11(19)4-3-10(17)15(14)20/h3-7H,2,8H2,1H3. The highest BCUT2D eigenvalue weighted by Gasteiger charge is 2.19. The molecule has 3 rings (SSSR count). The third kappa shape index (κ3) is 3.12. The van der Waals surface area contributed by atoms with Gasteiger partial charge in [-0.15, -0.1) is 5.10 Å². The molecule has 0 unspecified atom stereocenters. The first-order valence-corrected chi connectivity index (χ1v) is 7.92. The van der Waals surface area contributed by atoms with Crippen LogP contribution in [0.2, 0.25) is 10.2 Å². The first-order valence-electron chi connectivity index (χ1n) is 7.17. The summed E-state index contributed by atoms with van der Waals surface area (Å²) < 4.78 is 30.0. The molecule has 0 spiro atoms. The van der Waals surface area contributed by atoms with Crippen LogP contribution >= 0.6 is 23.2 Å². The molecular formula is C16H12Cl2F2N4.